The molecule has 0 aromatic heterocycles. The van der Waals surface area contributed by atoms with Crippen molar-refractivity contribution < 1.29 is 10.2 Å². The molecule has 5 rings (SSSR count). The minimum absolute atomic E-state index is 0.0000305. The fourth-order valence-electron chi connectivity index (χ4n) is 8.56. The van der Waals surface area contributed by atoms with Crippen LogP contribution in [0.3, 0.4) is 0 Å². The molecule has 4 saturated carbocycles. The fraction of sp³-hybridized carbons (Fsp3) is 0.769. The van der Waals surface area contributed by atoms with E-state index in [2.05, 4.69) is 45.0 Å². The van der Waals surface area contributed by atoms with Gasteiger partial charge >= 0.3 is 0 Å². The summed E-state index contributed by atoms with van der Waals surface area (Å²) in [7, 11) is 0. The topological polar surface area (TPSA) is 40.5 Å². The van der Waals surface area contributed by atoms with Crippen LogP contribution in [0.5, 0.6) is 0 Å². The molecule has 8 atom stereocenters. The zero-order chi connectivity index (χ0) is 20.4. The first-order valence-corrected chi connectivity index (χ1v) is 12.9. The van der Waals surface area contributed by atoms with Gasteiger partial charge in [0.05, 0.1) is 11.7 Å². The second-order valence-electron chi connectivity index (χ2n) is 11.3. The lowest BCUT2D eigenvalue weighted by molar-refractivity contribution is -0.162. The van der Waals surface area contributed by atoms with E-state index in [0.717, 1.165) is 43.3 Å². The van der Waals surface area contributed by atoms with Crippen molar-refractivity contribution in [2.45, 2.75) is 88.7 Å². The summed E-state index contributed by atoms with van der Waals surface area (Å²) in [6, 6.07) is 8.66. The molecule has 1 aromatic carbocycles. The number of aliphatic hydroxyl groups excluding tert-OH is 1. The number of aliphatic hydroxyl groups is 2. The van der Waals surface area contributed by atoms with Crippen LogP contribution in [0.4, 0.5) is 0 Å². The van der Waals surface area contributed by atoms with Gasteiger partial charge in [-0.25, -0.2) is 0 Å². The third kappa shape index (κ3) is 2.97. The fourth-order valence-corrected chi connectivity index (χ4v) is 9.75. The second-order valence-corrected chi connectivity index (χ2v) is 12.4. The second kappa shape index (κ2) is 7.00. The van der Waals surface area contributed by atoms with E-state index < -0.39 is 5.60 Å². The van der Waals surface area contributed by atoms with Crippen LogP contribution in [-0.4, -0.2) is 27.7 Å². The maximum atomic E-state index is 11.7. The molecule has 2 N–H and O–H groups in total. The van der Waals surface area contributed by atoms with Crippen molar-refractivity contribution in [3.05, 3.63) is 29.8 Å². The summed E-state index contributed by atoms with van der Waals surface area (Å²) in [6.45, 7) is 7.12. The third-order valence-electron chi connectivity index (χ3n) is 9.93. The molecule has 29 heavy (non-hydrogen) atoms. The highest BCUT2D eigenvalue weighted by atomic mass is 32.2. The van der Waals surface area contributed by atoms with Gasteiger partial charge < -0.3 is 10.2 Å². The lowest BCUT2D eigenvalue weighted by Gasteiger charge is -2.62. The Labute approximate surface area is 180 Å². The molecule has 0 heterocycles. The van der Waals surface area contributed by atoms with Crippen molar-refractivity contribution in [2.24, 2.45) is 34.5 Å². The minimum Gasteiger partial charge on any atom is -0.392 e. The van der Waals surface area contributed by atoms with Gasteiger partial charge in [-0.05, 0) is 80.8 Å². The molecule has 4 aliphatic rings. The van der Waals surface area contributed by atoms with Crippen LogP contribution in [-0.2, 0) is 0 Å². The molecule has 2 nitrogen and oxygen atoms in total. The van der Waals surface area contributed by atoms with Gasteiger partial charge in [-0.1, -0.05) is 44.4 Å². The molecule has 2 unspecified atom stereocenters. The van der Waals surface area contributed by atoms with Crippen molar-refractivity contribution in [1.29, 1.82) is 0 Å². The van der Waals surface area contributed by atoms with Crippen LogP contribution < -0.4 is 0 Å². The van der Waals surface area contributed by atoms with E-state index in [1.165, 1.54) is 36.1 Å². The van der Waals surface area contributed by atoms with Gasteiger partial charge in [-0.15, -0.1) is 11.8 Å². The largest absolute Gasteiger partial charge is 0.392 e. The third-order valence-corrected chi connectivity index (χ3v) is 11.1. The average Bonchev–Trinajstić information content (AvgIpc) is 2.83. The molecular formula is C26H38O2S. The summed E-state index contributed by atoms with van der Waals surface area (Å²) >= 11 is 1.82. The Kier molecular flexibility index (Phi) is 4.92. The Morgan fingerprint density at radius 3 is 2.59 bits per heavy atom. The predicted molar refractivity (Wildman–Crippen MR) is 120 cm³/mol. The van der Waals surface area contributed by atoms with Gasteiger partial charge in [-0.3, -0.25) is 0 Å². The highest BCUT2D eigenvalue weighted by Crippen LogP contribution is 2.71. The van der Waals surface area contributed by atoms with Gasteiger partial charge in [0.15, 0.2) is 0 Å². The molecule has 3 heteroatoms. The SMILES string of the molecule is Cc1ccc(SCC2C(O)[C@@]34CC[C@@H]5[C@@H](C)CCC[C@@]5(C)[C@@H]3CC[C@]2(O)C4)cc1. The van der Waals surface area contributed by atoms with Crippen molar-refractivity contribution in [2.75, 3.05) is 5.75 Å². The molecule has 0 amide bonds. The molecule has 4 aliphatic carbocycles. The van der Waals surface area contributed by atoms with Gasteiger partial charge in [0, 0.05) is 22.0 Å². The Hall–Kier alpha value is -0.510. The van der Waals surface area contributed by atoms with Crippen LogP contribution in [0.25, 0.3) is 0 Å². The van der Waals surface area contributed by atoms with E-state index in [0.29, 0.717) is 11.3 Å². The highest BCUT2D eigenvalue weighted by Gasteiger charge is 2.70. The van der Waals surface area contributed by atoms with Gasteiger partial charge in [0.1, 0.15) is 0 Å². The van der Waals surface area contributed by atoms with Crippen LogP contribution in [0, 0.1) is 41.4 Å². The Morgan fingerprint density at radius 2 is 1.83 bits per heavy atom. The quantitative estimate of drug-likeness (QED) is 0.611. The van der Waals surface area contributed by atoms with Gasteiger partial charge in [0.25, 0.3) is 0 Å². The molecule has 4 fully saturated rings. The van der Waals surface area contributed by atoms with Crippen LogP contribution in [0.2, 0.25) is 0 Å². The number of hydrogen-bond donors (Lipinski definition) is 2. The van der Waals surface area contributed by atoms with E-state index in [9.17, 15) is 10.2 Å². The van der Waals surface area contributed by atoms with E-state index >= 15 is 0 Å². The normalized spacial score (nSPS) is 48.8. The standard InChI is InChI=1S/C26H38O2S/c1-17-6-8-19(9-7-17)29-15-21-23(27)25-13-10-20-18(2)5-4-12-24(20,3)22(25)11-14-26(21,28)16-25/h6-9,18,20-23,27-28H,4-5,10-16H2,1-3H3/t18-,20+,21?,22-,23?,24+,25+,26-/m0/s1. The highest BCUT2D eigenvalue weighted by molar-refractivity contribution is 7.99. The zero-order valence-corrected chi connectivity index (χ0v) is 19.2. The monoisotopic (exact) mass is 414 g/mol. The van der Waals surface area contributed by atoms with Crippen molar-refractivity contribution in [3.8, 4) is 0 Å². The summed E-state index contributed by atoms with van der Waals surface area (Å²) in [4.78, 5) is 1.25. The summed E-state index contributed by atoms with van der Waals surface area (Å²) < 4.78 is 0. The number of hydrogen-bond acceptors (Lipinski definition) is 3. The Bertz CT molecular complexity index is 762. The van der Waals surface area contributed by atoms with Crippen LogP contribution in [0.1, 0.15) is 70.8 Å². The Morgan fingerprint density at radius 1 is 1.07 bits per heavy atom. The number of fused-ring (bicyclic) bond motifs is 3. The lowest BCUT2D eigenvalue weighted by Crippen LogP contribution is -2.57. The molecule has 0 saturated heterocycles. The summed E-state index contributed by atoms with van der Waals surface area (Å²) in [5.41, 5.74) is 0.917. The molecule has 1 spiro atoms. The van der Waals surface area contributed by atoms with Crippen LogP contribution in [0.15, 0.2) is 29.2 Å². The number of rotatable bonds is 3. The lowest BCUT2D eigenvalue weighted by atomic mass is 9.43. The van der Waals surface area contributed by atoms with E-state index in [-0.39, 0.29) is 17.4 Å². The van der Waals surface area contributed by atoms with Crippen molar-refractivity contribution in [1.82, 2.24) is 0 Å². The number of aryl methyl sites for hydroxylation is 1. The summed E-state index contributed by atoms with van der Waals surface area (Å²) in [5.74, 6) is 3.04. The first-order valence-electron chi connectivity index (χ1n) is 11.9. The number of benzene rings is 1. The van der Waals surface area contributed by atoms with Crippen molar-refractivity contribution in [3.63, 3.8) is 0 Å². The molecule has 2 bridgehead atoms. The Balaban J connectivity index is 1.41. The van der Waals surface area contributed by atoms with Crippen molar-refractivity contribution >= 4 is 11.8 Å². The van der Waals surface area contributed by atoms with E-state index in [4.69, 9.17) is 0 Å². The van der Waals surface area contributed by atoms with Gasteiger partial charge in [0.2, 0.25) is 0 Å². The van der Waals surface area contributed by atoms with Gasteiger partial charge in [-0.2, -0.15) is 0 Å². The average molecular weight is 415 g/mol. The summed E-state index contributed by atoms with van der Waals surface area (Å²) in [5, 5.41) is 23.4. The maximum absolute atomic E-state index is 11.7. The van der Waals surface area contributed by atoms with E-state index in [1.807, 2.05) is 11.8 Å². The van der Waals surface area contributed by atoms with Crippen LogP contribution >= 0.6 is 11.8 Å². The molecule has 0 aliphatic heterocycles. The molecule has 160 valence electrons. The minimum atomic E-state index is -0.670. The molecule has 0 radical (unpaired) electrons. The first-order chi connectivity index (χ1) is 13.8. The first kappa shape index (κ1) is 20.4. The summed E-state index contributed by atoms with van der Waals surface area (Å²) in [6.07, 6.45) is 8.88. The zero-order valence-electron chi connectivity index (χ0n) is 18.4. The van der Waals surface area contributed by atoms with E-state index in [1.54, 1.807) is 0 Å². The number of thioether (sulfide) groups is 1. The predicted octanol–water partition coefficient (Wildman–Crippen LogP) is 5.83. The molecular weight excluding hydrogens is 376 g/mol. The molecule has 1 aromatic rings. The smallest absolute Gasteiger partial charge is 0.0715 e. The maximum Gasteiger partial charge on any atom is 0.0715 e.